The molecule has 1 aliphatic rings. The first-order chi connectivity index (χ1) is 12.5. The van der Waals surface area contributed by atoms with E-state index in [1.54, 1.807) is 0 Å². The Morgan fingerprint density at radius 3 is 2.50 bits per heavy atom. The molecule has 1 aliphatic heterocycles. The normalized spacial score (nSPS) is 17.8. The zero-order chi connectivity index (χ0) is 18.3. The lowest BCUT2D eigenvalue weighted by Crippen LogP contribution is -2.42. The second-order valence-corrected chi connectivity index (χ2v) is 8.40. The molecule has 2 heterocycles. The van der Waals surface area contributed by atoms with E-state index in [4.69, 9.17) is 0 Å². The van der Waals surface area contributed by atoms with Gasteiger partial charge in [-0.05, 0) is 48.9 Å². The van der Waals surface area contributed by atoms with Crippen molar-refractivity contribution in [3.05, 3.63) is 89.5 Å². The smallest absolute Gasteiger partial charge is 0.244 e. The van der Waals surface area contributed by atoms with Crippen LogP contribution in [-0.4, -0.2) is 23.8 Å². The zero-order valence-electron chi connectivity index (χ0n) is 14.3. The van der Waals surface area contributed by atoms with Crippen molar-refractivity contribution in [2.75, 3.05) is 6.54 Å². The van der Waals surface area contributed by atoms with Crippen LogP contribution in [0, 0.1) is 12.7 Å². The standard InChI is InChI=1S/C20H19FN2O2S/c1-15-4-2-5-16(14-15)20-19-6-3-11-22(19)12-13-23(20)26(24,25)18-9-7-17(21)8-10-18/h2-11,14,20H,12-13H2,1H3. The number of hydrogen-bond donors (Lipinski definition) is 0. The number of nitrogens with zero attached hydrogens (tertiary/aromatic N) is 2. The summed E-state index contributed by atoms with van der Waals surface area (Å²) in [5.41, 5.74) is 2.94. The van der Waals surface area contributed by atoms with E-state index in [-0.39, 0.29) is 4.90 Å². The van der Waals surface area contributed by atoms with Crippen LogP contribution < -0.4 is 0 Å². The molecule has 3 aromatic rings. The van der Waals surface area contributed by atoms with Crippen molar-refractivity contribution in [2.45, 2.75) is 24.4 Å². The third kappa shape index (κ3) is 2.85. The predicted octanol–water partition coefficient (Wildman–Crippen LogP) is 3.73. The highest BCUT2D eigenvalue weighted by Gasteiger charge is 2.37. The van der Waals surface area contributed by atoms with Crippen molar-refractivity contribution >= 4 is 10.0 Å². The molecular formula is C20H19FN2O2S. The van der Waals surface area contributed by atoms with Gasteiger partial charge >= 0.3 is 0 Å². The van der Waals surface area contributed by atoms with Gasteiger partial charge in [-0.2, -0.15) is 4.31 Å². The van der Waals surface area contributed by atoms with Crippen molar-refractivity contribution in [1.29, 1.82) is 0 Å². The SMILES string of the molecule is Cc1cccc(C2c3cccn3CCN2S(=O)(=O)c2ccc(F)cc2)c1. The number of fused-ring (bicyclic) bond motifs is 1. The number of aromatic nitrogens is 1. The minimum Gasteiger partial charge on any atom is -0.348 e. The molecule has 0 fully saturated rings. The molecular weight excluding hydrogens is 351 g/mol. The van der Waals surface area contributed by atoms with Crippen LogP contribution in [0.3, 0.4) is 0 Å². The fourth-order valence-corrected chi connectivity index (χ4v) is 5.12. The van der Waals surface area contributed by atoms with E-state index in [1.807, 2.05) is 49.5 Å². The van der Waals surface area contributed by atoms with E-state index in [0.717, 1.165) is 16.8 Å². The summed E-state index contributed by atoms with van der Waals surface area (Å²) in [6.45, 7) is 2.94. The van der Waals surface area contributed by atoms with Gasteiger partial charge in [-0.25, -0.2) is 12.8 Å². The average Bonchev–Trinajstić information content (AvgIpc) is 3.10. The molecule has 4 rings (SSSR count). The average molecular weight is 370 g/mol. The van der Waals surface area contributed by atoms with Gasteiger partial charge in [0, 0.05) is 25.0 Å². The number of aryl methyl sites for hydroxylation is 1. The molecule has 0 bridgehead atoms. The van der Waals surface area contributed by atoms with E-state index in [9.17, 15) is 12.8 Å². The monoisotopic (exact) mass is 370 g/mol. The Kier molecular flexibility index (Phi) is 4.17. The van der Waals surface area contributed by atoms with E-state index < -0.39 is 21.9 Å². The zero-order valence-corrected chi connectivity index (χ0v) is 15.2. The van der Waals surface area contributed by atoms with Gasteiger partial charge in [-0.15, -0.1) is 0 Å². The summed E-state index contributed by atoms with van der Waals surface area (Å²) in [6, 6.07) is 16.4. The summed E-state index contributed by atoms with van der Waals surface area (Å²) in [4.78, 5) is 0.108. The van der Waals surface area contributed by atoms with Crippen LogP contribution in [-0.2, 0) is 16.6 Å². The van der Waals surface area contributed by atoms with Gasteiger partial charge in [0.05, 0.1) is 10.9 Å². The summed E-state index contributed by atoms with van der Waals surface area (Å²) in [6.07, 6.45) is 1.97. The van der Waals surface area contributed by atoms with E-state index in [1.165, 1.54) is 28.6 Å². The van der Waals surface area contributed by atoms with E-state index in [2.05, 4.69) is 4.57 Å². The second-order valence-electron chi connectivity index (χ2n) is 6.51. The largest absolute Gasteiger partial charge is 0.348 e. The number of sulfonamides is 1. The molecule has 4 nitrogen and oxygen atoms in total. The van der Waals surface area contributed by atoms with Gasteiger partial charge in [0.15, 0.2) is 0 Å². The Morgan fingerprint density at radius 2 is 1.77 bits per heavy atom. The molecule has 1 aromatic heterocycles. The number of rotatable bonds is 3. The van der Waals surface area contributed by atoms with Gasteiger partial charge in [0.25, 0.3) is 0 Å². The van der Waals surface area contributed by atoms with Crippen molar-refractivity contribution in [3.8, 4) is 0 Å². The van der Waals surface area contributed by atoms with Crippen LogP contribution in [0.5, 0.6) is 0 Å². The maximum absolute atomic E-state index is 13.3. The topological polar surface area (TPSA) is 42.3 Å². The van der Waals surface area contributed by atoms with Crippen LogP contribution >= 0.6 is 0 Å². The van der Waals surface area contributed by atoms with E-state index in [0.29, 0.717) is 13.1 Å². The van der Waals surface area contributed by atoms with Crippen LogP contribution in [0.1, 0.15) is 22.9 Å². The predicted molar refractivity (Wildman–Crippen MR) is 97.7 cm³/mol. The highest BCUT2D eigenvalue weighted by atomic mass is 32.2. The van der Waals surface area contributed by atoms with Crippen molar-refractivity contribution in [1.82, 2.24) is 8.87 Å². The van der Waals surface area contributed by atoms with Gasteiger partial charge in [-0.3, -0.25) is 0 Å². The highest BCUT2D eigenvalue weighted by molar-refractivity contribution is 7.89. The molecule has 2 aromatic carbocycles. The Morgan fingerprint density at radius 1 is 1.00 bits per heavy atom. The fourth-order valence-electron chi connectivity index (χ4n) is 3.54. The Balaban J connectivity index is 1.85. The lowest BCUT2D eigenvalue weighted by Gasteiger charge is -2.36. The number of benzene rings is 2. The molecule has 1 atom stereocenters. The summed E-state index contributed by atoms with van der Waals surface area (Å²) < 4.78 is 43.4. The Labute approximate surface area is 152 Å². The third-order valence-corrected chi connectivity index (χ3v) is 6.65. The number of halogens is 1. The molecule has 0 amide bonds. The van der Waals surface area contributed by atoms with Gasteiger partial charge in [0.1, 0.15) is 5.82 Å². The minimum absolute atomic E-state index is 0.108. The minimum atomic E-state index is -3.76. The summed E-state index contributed by atoms with van der Waals surface area (Å²) >= 11 is 0. The first-order valence-corrected chi connectivity index (χ1v) is 9.90. The summed E-state index contributed by atoms with van der Waals surface area (Å²) in [5, 5.41) is 0. The lowest BCUT2D eigenvalue weighted by molar-refractivity contribution is 0.298. The molecule has 0 N–H and O–H groups in total. The van der Waals surface area contributed by atoms with Crippen molar-refractivity contribution < 1.29 is 12.8 Å². The van der Waals surface area contributed by atoms with Crippen LogP contribution in [0.2, 0.25) is 0 Å². The second kappa shape index (κ2) is 6.37. The Bertz CT molecular complexity index is 1040. The molecule has 0 radical (unpaired) electrons. The molecule has 1 unspecified atom stereocenters. The van der Waals surface area contributed by atoms with Crippen LogP contribution in [0.25, 0.3) is 0 Å². The first kappa shape index (κ1) is 17.0. The Hall–Kier alpha value is -2.44. The maximum atomic E-state index is 13.3. The molecule has 0 saturated heterocycles. The third-order valence-electron chi connectivity index (χ3n) is 4.77. The van der Waals surface area contributed by atoms with Gasteiger partial charge in [0.2, 0.25) is 10.0 Å². The summed E-state index contributed by atoms with van der Waals surface area (Å²) in [7, 11) is -3.76. The summed E-state index contributed by atoms with van der Waals surface area (Å²) in [5.74, 6) is -0.452. The highest BCUT2D eigenvalue weighted by Crippen LogP contribution is 2.36. The van der Waals surface area contributed by atoms with Crippen LogP contribution in [0.4, 0.5) is 4.39 Å². The molecule has 26 heavy (non-hydrogen) atoms. The van der Waals surface area contributed by atoms with Crippen molar-refractivity contribution in [3.63, 3.8) is 0 Å². The maximum Gasteiger partial charge on any atom is 0.244 e. The molecule has 0 aliphatic carbocycles. The van der Waals surface area contributed by atoms with Gasteiger partial charge < -0.3 is 4.57 Å². The lowest BCUT2D eigenvalue weighted by atomic mass is 10.0. The van der Waals surface area contributed by atoms with Crippen LogP contribution in [0.15, 0.2) is 71.8 Å². The van der Waals surface area contributed by atoms with Gasteiger partial charge in [-0.1, -0.05) is 29.8 Å². The molecule has 0 saturated carbocycles. The van der Waals surface area contributed by atoms with E-state index >= 15 is 0 Å². The first-order valence-electron chi connectivity index (χ1n) is 8.46. The van der Waals surface area contributed by atoms with Crippen molar-refractivity contribution in [2.24, 2.45) is 0 Å². The molecule has 0 spiro atoms. The quantitative estimate of drug-likeness (QED) is 0.705. The fraction of sp³-hybridized carbons (Fsp3) is 0.200. The molecule has 6 heteroatoms. The number of hydrogen-bond acceptors (Lipinski definition) is 2. The molecule has 134 valence electrons.